The molecule has 0 heterocycles. The van der Waals surface area contributed by atoms with E-state index in [1.54, 1.807) is 6.07 Å². The van der Waals surface area contributed by atoms with Gasteiger partial charge in [-0.2, -0.15) is 0 Å². The number of halogens is 2. The summed E-state index contributed by atoms with van der Waals surface area (Å²) in [6.45, 7) is 0.756. The topological polar surface area (TPSA) is 29.1 Å². The molecule has 0 fully saturated rings. The van der Waals surface area contributed by atoms with Crippen LogP contribution >= 0.6 is 34.2 Å². The molecule has 0 radical (unpaired) electrons. The van der Waals surface area contributed by atoms with Crippen molar-refractivity contribution in [3.63, 3.8) is 0 Å². The molecule has 1 rings (SSSR count). The van der Waals surface area contributed by atoms with Crippen LogP contribution in [0.4, 0.5) is 0 Å². The first-order valence-electron chi connectivity index (χ1n) is 5.30. The largest absolute Gasteiger partial charge is 0.356 e. The van der Waals surface area contributed by atoms with Gasteiger partial charge in [0, 0.05) is 11.6 Å². The maximum absolute atomic E-state index is 11.6. The second-order valence-electron chi connectivity index (χ2n) is 3.51. The van der Waals surface area contributed by atoms with Gasteiger partial charge in [0.15, 0.2) is 0 Å². The van der Waals surface area contributed by atoms with Crippen molar-refractivity contribution in [2.24, 2.45) is 0 Å². The van der Waals surface area contributed by atoms with E-state index >= 15 is 0 Å². The van der Waals surface area contributed by atoms with E-state index in [0.29, 0.717) is 11.4 Å². The van der Waals surface area contributed by atoms with Gasteiger partial charge in [-0.15, -0.1) is 0 Å². The van der Waals surface area contributed by atoms with Crippen LogP contribution in [0.25, 0.3) is 0 Å². The fourth-order valence-electron chi connectivity index (χ4n) is 1.32. The van der Waals surface area contributed by atoms with E-state index in [4.69, 9.17) is 11.6 Å². The van der Waals surface area contributed by atoms with Crippen LogP contribution < -0.4 is 5.32 Å². The summed E-state index contributed by atoms with van der Waals surface area (Å²) in [5.74, 6) is 0.0431. The second kappa shape index (κ2) is 7.90. The fraction of sp³-hybridized carbons (Fsp3) is 0.417. The third kappa shape index (κ3) is 5.16. The van der Waals surface area contributed by atoms with Gasteiger partial charge in [-0.1, -0.05) is 52.4 Å². The number of rotatable bonds is 6. The Morgan fingerprint density at radius 2 is 2.06 bits per heavy atom. The lowest BCUT2D eigenvalue weighted by atomic mass is 10.1. The lowest BCUT2D eigenvalue weighted by Gasteiger charge is -2.05. The molecule has 0 aliphatic rings. The SMILES string of the molecule is O=C(Cc1ccccc1Cl)NCCCCI. The molecule has 0 saturated carbocycles. The van der Waals surface area contributed by atoms with Crippen LogP contribution in [0, 0.1) is 0 Å². The second-order valence-corrected chi connectivity index (χ2v) is 5.00. The minimum atomic E-state index is 0.0431. The zero-order valence-corrected chi connectivity index (χ0v) is 11.9. The van der Waals surface area contributed by atoms with Crippen LogP contribution in [0.5, 0.6) is 0 Å². The summed E-state index contributed by atoms with van der Waals surface area (Å²) in [5, 5.41) is 3.55. The van der Waals surface area contributed by atoms with Crippen molar-refractivity contribution < 1.29 is 4.79 Å². The Morgan fingerprint density at radius 1 is 1.31 bits per heavy atom. The number of amides is 1. The highest BCUT2D eigenvalue weighted by Gasteiger charge is 2.05. The van der Waals surface area contributed by atoms with Gasteiger partial charge in [-0.05, 0) is 28.9 Å². The normalized spacial score (nSPS) is 10.1. The third-order valence-electron chi connectivity index (χ3n) is 2.19. The average Bonchev–Trinajstić information content (AvgIpc) is 2.28. The van der Waals surface area contributed by atoms with Crippen LogP contribution in [0.1, 0.15) is 18.4 Å². The van der Waals surface area contributed by atoms with Crippen LogP contribution in [-0.4, -0.2) is 16.9 Å². The number of hydrogen-bond acceptors (Lipinski definition) is 1. The van der Waals surface area contributed by atoms with Gasteiger partial charge < -0.3 is 5.32 Å². The van der Waals surface area contributed by atoms with Crippen molar-refractivity contribution in [3.05, 3.63) is 34.9 Å². The Bertz CT molecular complexity index is 344. The van der Waals surface area contributed by atoms with Gasteiger partial charge in [-0.3, -0.25) is 4.79 Å². The highest BCUT2D eigenvalue weighted by molar-refractivity contribution is 14.1. The summed E-state index contributed by atoms with van der Waals surface area (Å²) in [6, 6.07) is 7.45. The zero-order valence-electron chi connectivity index (χ0n) is 9.01. The lowest BCUT2D eigenvalue weighted by Crippen LogP contribution is -2.26. The van der Waals surface area contributed by atoms with Gasteiger partial charge in [0.25, 0.3) is 0 Å². The molecule has 4 heteroatoms. The first-order valence-corrected chi connectivity index (χ1v) is 7.20. The summed E-state index contributed by atoms with van der Waals surface area (Å²) in [4.78, 5) is 11.6. The van der Waals surface area contributed by atoms with Crippen molar-refractivity contribution in [2.45, 2.75) is 19.3 Å². The smallest absolute Gasteiger partial charge is 0.224 e. The van der Waals surface area contributed by atoms with Crippen molar-refractivity contribution in [1.29, 1.82) is 0 Å². The van der Waals surface area contributed by atoms with E-state index in [-0.39, 0.29) is 5.91 Å². The van der Waals surface area contributed by atoms with Crippen LogP contribution in [0.15, 0.2) is 24.3 Å². The standard InChI is InChI=1S/C12H15ClINO/c13-11-6-2-1-5-10(11)9-12(16)15-8-4-3-7-14/h1-2,5-6H,3-4,7-9H2,(H,15,16). The molecular formula is C12H15ClINO. The van der Waals surface area contributed by atoms with Gasteiger partial charge in [0.1, 0.15) is 0 Å². The number of unbranched alkanes of at least 4 members (excludes halogenated alkanes) is 1. The summed E-state index contributed by atoms with van der Waals surface area (Å²) >= 11 is 8.31. The molecule has 1 N–H and O–H groups in total. The molecule has 0 aliphatic heterocycles. The molecule has 1 aromatic carbocycles. The molecule has 0 unspecified atom stereocenters. The maximum atomic E-state index is 11.6. The van der Waals surface area contributed by atoms with Gasteiger partial charge >= 0.3 is 0 Å². The molecule has 1 aromatic rings. The van der Waals surface area contributed by atoms with Crippen molar-refractivity contribution in [3.8, 4) is 0 Å². The highest BCUT2D eigenvalue weighted by atomic mass is 127. The Hall–Kier alpha value is -0.290. The van der Waals surface area contributed by atoms with Gasteiger partial charge in [0.2, 0.25) is 5.91 Å². The molecule has 0 saturated heterocycles. The summed E-state index contributed by atoms with van der Waals surface area (Å²) < 4.78 is 1.14. The molecule has 0 spiro atoms. The predicted molar refractivity (Wildman–Crippen MR) is 76.3 cm³/mol. The van der Waals surface area contributed by atoms with Crippen LogP contribution in [0.3, 0.4) is 0 Å². The number of benzene rings is 1. The number of hydrogen-bond donors (Lipinski definition) is 1. The molecule has 16 heavy (non-hydrogen) atoms. The van der Waals surface area contributed by atoms with E-state index in [9.17, 15) is 4.79 Å². The minimum absolute atomic E-state index is 0.0431. The number of nitrogens with one attached hydrogen (secondary N) is 1. The first kappa shape index (κ1) is 13.8. The highest BCUT2D eigenvalue weighted by Crippen LogP contribution is 2.15. The number of carbonyl (C=O) groups is 1. The fourth-order valence-corrected chi connectivity index (χ4v) is 2.07. The maximum Gasteiger partial charge on any atom is 0.224 e. The Balaban J connectivity index is 2.32. The Labute approximate surface area is 115 Å². The Kier molecular flexibility index (Phi) is 6.80. The van der Waals surface area contributed by atoms with Crippen molar-refractivity contribution >= 4 is 40.1 Å². The quantitative estimate of drug-likeness (QED) is 0.476. The summed E-state index contributed by atoms with van der Waals surface area (Å²) in [7, 11) is 0. The lowest BCUT2D eigenvalue weighted by molar-refractivity contribution is -0.120. The first-order chi connectivity index (χ1) is 7.74. The molecule has 1 amide bonds. The molecule has 0 bridgehead atoms. The van der Waals surface area contributed by atoms with Crippen LogP contribution in [-0.2, 0) is 11.2 Å². The Morgan fingerprint density at radius 3 is 2.75 bits per heavy atom. The van der Waals surface area contributed by atoms with E-state index in [0.717, 1.165) is 29.4 Å². The number of carbonyl (C=O) groups excluding carboxylic acids is 1. The molecule has 0 aromatic heterocycles. The molecule has 88 valence electrons. The summed E-state index contributed by atoms with van der Waals surface area (Å²) in [5.41, 5.74) is 0.885. The van der Waals surface area contributed by atoms with Crippen molar-refractivity contribution in [2.75, 3.05) is 11.0 Å². The molecule has 0 atom stereocenters. The van der Waals surface area contributed by atoms with E-state index in [1.807, 2.05) is 18.2 Å². The number of alkyl halides is 1. The summed E-state index contributed by atoms with van der Waals surface area (Å²) in [6.07, 6.45) is 2.55. The van der Waals surface area contributed by atoms with Crippen LogP contribution in [0.2, 0.25) is 5.02 Å². The molecule has 0 aliphatic carbocycles. The predicted octanol–water partition coefficient (Wildman–Crippen LogP) is 3.21. The molecular weight excluding hydrogens is 336 g/mol. The minimum Gasteiger partial charge on any atom is -0.356 e. The van der Waals surface area contributed by atoms with E-state index in [1.165, 1.54) is 0 Å². The average molecular weight is 352 g/mol. The van der Waals surface area contributed by atoms with E-state index < -0.39 is 0 Å². The zero-order chi connectivity index (χ0) is 11.8. The van der Waals surface area contributed by atoms with Gasteiger partial charge in [-0.25, -0.2) is 0 Å². The monoisotopic (exact) mass is 351 g/mol. The third-order valence-corrected chi connectivity index (χ3v) is 3.32. The van der Waals surface area contributed by atoms with Crippen molar-refractivity contribution in [1.82, 2.24) is 5.32 Å². The molecule has 2 nitrogen and oxygen atoms in total. The van der Waals surface area contributed by atoms with Gasteiger partial charge in [0.05, 0.1) is 6.42 Å². The van der Waals surface area contributed by atoms with E-state index in [2.05, 4.69) is 27.9 Å².